The van der Waals surface area contributed by atoms with Crippen molar-refractivity contribution in [2.75, 3.05) is 13.1 Å². The van der Waals surface area contributed by atoms with E-state index >= 15 is 0 Å². The lowest BCUT2D eigenvalue weighted by atomic mass is 10.0. The molecule has 1 saturated heterocycles. The summed E-state index contributed by atoms with van der Waals surface area (Å²) >= 11 is 0. The van der Waals surface area contributed by atoms with Crippen molar-refractivity contribution in [3.63, 3.8) is 0 Å². The Labute approximate surface area is 108 Å². The van der Waals surface area contributed by atoms with Crippen molar-refractivity contribution in [2.45, 2.75) is 25.9 Å². The minimum atomic E-state index is -0.145. The average molecular weight is 245 g/mol. The smallest absolute Gasteiger partial charge is 0.410 e. The summed E-state index contributed by atoms with van der Waals surface area (Å²) in [6, 6.07) is 9.85. The second-order valence-corrected chi connectivity index (χ2v) is 5.40. The molecule has 18 heavy (non-hydrogen) atoms. The van der Waals surface area contributed by atoms with Crippen molar-refractivity contribution in [3.8, 4) is 0 Å². The molecule has 3 heteroatoms. The summed E-state index contributed by atoms with van der Waals surface area (Å²) < 4.78 is 5.36. The molecule has 0 N–H and O–H groups in total. The third-order valence-corrected chi connectivity index (χ3v) is 4.19. The Morgan fingerprint density at radius 3 is 2.50 bits per heavy atom. The van der Waals surface area contributed by atoms with Crippen LogP contribution in [0.25, 0.3) is 0 Å². The van der Waals surface area contributed by atoms with Crippen molar-refractivity contribution in [1.29, 1.82) is 0 Å². The van der Waals surface area contributed by atoms with Gasteiger partial charge in [0, 0.05) is 13.1 Å². The van der Waals surface area contributed by atoms with Gasteiger partial charge < -0.3 is 9.64 Å². The van der Waals surface area contributed by atoms with Gasteiger partial charge in [0.1, 0.15) is 6.61 Å². The molecule has 2 atom stereocenters. The number of amides is 1. The first-order chi connectivity index (χ1) is 8.83. The second-order valence-electron chi connectivity index (χ2n) is 5.40. The molecule has 1 aliphatic carbocycles. The van der Waals surface area contributed by atoms with E-state index in [4.69, 9.17) is 4.74 Å². The molecule has 1 aromatic carbocycles. The highest BCUT2D eigenvalue weighted by molar-refractivity contribution is 5.68. The molecule has 1 heterocycles. The molecule has 2 aliphatic rings. The standard InChI is InChI=1S/C15H19NO2/c17-15(18-11-12-5-2-1-3-6-12)16-9-13-7-4-8-14(13)10-16/h1-3,5-6,13-14H,4,7-11H2. The van der Waals surface area contributed by atoms with Crippen LogP contribution in [0.2, 0.25) is 0 Å². The molecule has 0 radical (unpaired) electrons. The lowest BCUT2D eigenvalue weighted by Crippen LogP contribution is -2.30. The number of fused-ring (bicyclic) bond motifs is 1. The molecule has 96 valence electrons. The maximum atomic E-state index is 12.0. The average Bonchev–Trinajstić information content (AvgIpc) is 2.98. The SMILES string of the molecule is O=C(OCc1ccccc1)N1CC2CCCC2C1. The summed E-state index contributed by atoms with van der Waals surface area (Å²) in [6.45, 7) is 2.18. The van der Waals surface area contributed by atoms with E-state index in [-0.39, 0.29) is 6.09 Å². The zero-order valence-corrected chi connectivity index (χ0v) is 10.5. The highest BCUT2D eigenvalue weighted by Crippen LogP contribution is 2.37. The highest BCUT2D eigenvalue weighted by Gasteiger charge is 2.38. The first-order valence-corrected chi connectivity index (χ1v) is 6.78. The normalized spacial score (nSPS) is 26.1. The number of hydrogen-bond acceptors (Lipinski definition) is 2. The van der Waals surface area contributed by atoms with Crippen LogP contribution in [0.1, 0.15) is 24.8 Å². The Morgan fingerprint density at radius 1 is 1.17 bits per heavy atom. The fourth-order valence-corrected chi connectivity index (χ4v) is 3.19. The van der Waals surface area contributed by atoms with Crippen LogP contribution in [0.4, 0.5) is 4.79 Å². The van der Waals surface area contributed by atoms with Gasteiger partial charge in [-0.3, -0.25) is 0 Å². The lowest BCUT2D eigenvalue weighted by Gasteiger charge is -2.17. The van der Waals surface area contributed by atoms with E-state index in [1.165, 1.54) is 19.3 Å². The molecule has 1 aliphatic heterocycles. The van der Waals surface area contributed by atoms with E-state index in [0.717, 1.165) is 30.5 Å². The molecule has 1 saturated carbocycles. The Balaban J connectivity index is 1.50. The quantitative estimate of drug-likeness (QED) is 0.801. The van der Waals surface area contributed by atoms with Gasteiger partial charge >= 0.3 is 6.09 Å². The number of nitrogens with zero attached hydrogens (tertiary/aromatic N) is 1. The minimum Gasteiger partial charge on any atom is -0.445 e. The van der Waals surface area contributed by atoms with E-state index in [1.54, 1.807) is 0 Å². The molecule has 1 aromatic rings. The van der Waals surface area contributed by atoms with E-state index in [9.17, 15) is 4.79 Å². The Bertz CT molecular complexity index is 406. The van der Waals surface area contributed by atoms with Crippen LogP contribution >= 0.6 is 0 Å². The van der Waals surface area contributed by atoms with Crippen LogP contribution in [0.15, 0.2) is 30.3 Å². The first kappa shape index (κ1) is 11.6. The van der Waals surface area contributed by atoms with Crippen LogP contribution in [0.3, 0.4) is 0 Å². The van der Waals surface area contributed by atoms with Gasteiger partial charge in [-0.15, -0.1) is 0 Å². The van der Waals surface area contributed by atoms with E-state index < -0.39 is 0 Å². The number of carbonyl (C=O) groups excluding carboxylic acids is 1. The van der Waals surface area contributed by atoms with Gasteiger partial charge in [-0.1, -0.05) is 36.8 Å². The highest BCUT2D eigenvalue weighted by atomic mass is 16.6. The van der Waals surface area contributed by atoms with Crippen molar-refractivity contribution in [3.05, 3.63) is 35.9 Å². The molecule has 2 unspecified atom stereocenters. The van der Waals surface area contributed by atoms with Crippen LogP contribution in [-0.4, -0.2) is 24.1 Å². The summed E-state index contributed by atoms with van der Waals surface area (Å²) in [5.74, 6) is 1.46. The fraction of sp³-hybridized carbons (Fsp3) is 0.533. The van der Waals surface area contributed by atoms with Gasteiger partial charge in [-0.05, 0) is 30.2 Å². The van der Waals surface area contributed by atoms with Crippen molar-refractivity contribution < 1.29 is 9.53 Å². The fourth-order valence-electron chi connectivity index (χ4n) is 3.19. The predicted octanol–water partition coefficient (Wildman–Crippen LogP) is 3.06. The van der Waals surface area contributed by atoms with Gasteiger partial charge in [-0.25, -0.2) is 4.79 Å². The van der Waals surface area contributed by atoms with Gasteiger partial charge in [0.15, 0.2) is 0 Å². The van der Waals surface area contributed by atoms with Crippen molar-refractivity contribution >= 4 is 6.09 Å². The van der Waals surface area contributed by atoms with Crippen LogP contribution < -0.4 is 0 Å². The Morgan fingerprint density at radius 2 is 1.83 bits per heavy atom. The summed E-state index contributed by atoms with van der Waals surface area (Å²) in [7, 11) is 0. The molecule has 0 aromatic heterocycles. The molecule has 3 nitrogen and oxygen atoms in total. The third kappa shape index (κ3) is 2.35. The summed E-state index contributed by atoms with van der Waals surface area (Å²) in [5.41, 5.74) is 1.05. The Kier molecular flexibility index (Phi) is 3.22. The Hall–Kier alpha value is -1.51. The topological polar surface area (TPSA) is 29.5 Å². The summed E-state index contributed by atoms with van der Waals surface area (Å²) in [6.07, 6.45) is 3.76. The number of ether oxygens (including phenoxy) is 1. The molecular formula is C15H19NO2. The molecular weight excluding hydrogens is 226 g/mol. The molecule has 1 amide bonds. The number of benzene rings is 1. The first-order valence-electron chi connectivity index (χ1n) is 6.78. The van der Waals surface area contributed by atoms with Crippen LogP contribution in [-0.2, 0) is 11.3 Å². The van der Waals surface area contributed by atoms with Gasteiger partial charge in [0.2, 0.25) is 0 Å². The lowest BCUT2D eigenvalue weighted by molar-refractivity contribution is 0.102. The van der Waals surface area contributed by atoms with E-state index in [0.29, 0.717) is 6.61 Å². The molecule has 2 fully saturated rings. The van der Waals surface area contributed by atoms with Gasteiger partial charge in [-0.2, -0.15) is 0 Å². The van der Waals surface area contributed by atoms with Gasteiger partial charge in [0.05, 0.1) is 0 Å². The molecule has 0 bridgehead atoms. The number of rotatable bonds is 2. The van der Waals surface area contributed by atoms with Gasteiger partial charge in [0.25, 0.3) is 0 Å². The largest absolute Gasteiger partial charge is 0.445 e. The monoisotopic (exact) mass is 245 g/mol. The second kappa shape index (κ2) is 5.01. The number of likely N-dealkylation sites (tertiary alicyclic amines) is 1. The molecule has 3 rings (SSSR count). The number of hydrogen-bond donors (Lipinski definition) is 0. The third-order valence-electron chi connectivity index (χ3n) is 4.19. The maximum Gasteiger partial charge on any atom is 0.410 e. The van der Waals surface area contributed by atoms with Crippen LogP contribution in [0.5, 0.6) is 0 Å². The van der Waals surface area contributed by atoms with E-state index in [1.807, 2.05) is 35.2 Å². The molecule has 0 spiro atoms. The van der Waals surface area contributed by atoms with Crippen molar-refractivity contribution in [1.82, 2.24) is 4.90 Å². The maximum absolute atomic E-state index is 12.0. The van der Waals surface area contributed by atoms with Crippen LogP contribution in [0, 0.1) is 11.8 Å². The zero-order chi connectivity index (χ0) is 12.4. The zero-order valence-electron chi connectivity index (χ0n) is 10.5. The number of carbonyl (C=O) groups is 1. The summed E-state index contributed by atoms with van der Waals surface area (Å²) in [4.78, 5) is 13.8. The predicted molar refractivity (Wildman–Crippen MR) is 69.0 cm³/mol. The summed E-state index contributed by atoms with van der Waals surface area (Å²) in [5, 5.41) is 0. The minimum absolute atomic E-state index is 0.145. The van der Waals surface area contributed by atoms with E-state index in [2.05, 4.69) is 0 Å². The van der Waals surface area contributed by atoms with Crippen molar-refractivity contribution in [2.24, 2.45) is 11.8 Å².